The van der Waals surface area contributed by atoms with E-state index in [4.69, 9.17) is 16.3 Å². The van der Waals surface area contributed by atoms with Crippen molar-refractivity contribution in [1.29, 1.82) is 0 Å². The molecule has 0 unspecified atom stereocenters. The van der Waals surface area contributed by atoms with Gasteiger partial charge in [0.15, 0.2) is 0 Å². The van der Waals surface area contributed by atoms with Crippen LogP contribution in [0.4, 0.5) is 5.95 Å². The van der Waals surface area contributed by atoms with Crippen LogP contribution in [-0.4, -0.2) is 29.3 Å². The van der Waals surface area contributed by atoms with E-state index in [1.54, 1.807) is 6.20 Å². The Balaban J connectivity index is 2.06. The maximum atomic E-state index is 6.17. The first-order valence-electron chi connectivity index (χ1n) is 6.84. The standard InChI is InChI=1S/C15H20ClN3O/c1-3-20-11-5-8-17-15-18-9-10-19(15)14-7-4-6-13(16)12(14)2/h4,6-7,9-10H,3,5,8,11H2,1-2H3,(H,17,18). The van der Waals surface area contributed by atoms with Crippen molar-refractivity contribution >= 4 is 17.5 Å². The molecule has 5 heteroatoms. The number of nitrogens with one attached hydrogen (secondary N) is 1. The lowest BCUT2D eigenvalue weighted by atomic mass is 10.2. The highest BCUT2D eigenvalue weighted by molar-refractivity contribution is 6.31. The van der Waals surface area contributed by atoms with Gasteiger partial charge in [-0.3, -0.25) is 4.57 Å². The number of benzene rings is 1. The number of halogens is 1. The molecular weight excluding hydrogens is 274 g/mol. The molecule has 0 radical (unpaired) electrons. The summed E-state index contributed by atoms with van der Waals surface area (Å²) in [6, 6.07) is 5.88. The van der Waals surface area contributed by atoms with Gasteiger partial charge >= 0.3 is 0 Å². The molecule has 0 saturated heterocycles. The van der Waals surface area contributed by atoms with E-state index in [-0.39, 0.29) is 0 Å². The van der Waals surface area contributed by atoms with Gasteiger partial charge in [0.2, 0.25) is 5.95 Å². The van der Waals surface area contributed by atoms with Gasteiger partial charge < -0.3 is 10.1 Å². The van der Waals surface area contributed by atoms with Crippen molar-refractivity contribution in [3.63, 3.8) is 0 Å². The molecule has 1 heterocycles. The molecule has 1 N–H and O–H groups in total. The number of ether oxygens (including phenoxy) is 1. The highest BCUT2D eigenvalue weighted by atomic mass is 35.5. The summed E-state index contributed by atoms with van der Waals surface area (Å²) in [6.07, 6.45) is 4.67. The number of anilines is 1. The first-order chi connectivity index (χ1) is 9.74. The van der Waals surface area contributed by atoms with E-state index in [9.17, 15) is 0 Å². The average Bonchev–Trinajstić information content (AvgIpc) is 2.90. The third-order valence-corrected chi connectivity index (χ3v) is 3.50. The fraction of sp³-hybridized carbons (Fsp3) is 0.400. The Kier molecular flexibility index (Phi) is 5.44. The molecule has 1 aromatic heterocycles. The van der Waals surface area contributed by atoms with Crippen molar-refractivity contribution < 1.29 is 4.74 Å². The second-order valence-electron chi connectivity index (χ2n) is 4.48. The van der Waals surface area contributed by atoms with Crippen molar-refractivity contribution in [2.45, 2.75) is 20.3 Å². The van der Waals surface area contributed by atoms with Gasteiger partial charge in [0.25, 0.3) is 0 Å². The minimum Gasteiger partial charge on any atom is -0.382 e. The number of rotatable bonds is 7. The van der Waals surface area contributed by atoms with Crippen LogP contribution in [0.3, 0.4) is 0 Å². The van der Waals surface area contributed by atoms with Gasteiger partial charge in [-0.15, -0.1) is 0 Å². The number of aromatic nitrogens is 2. The van der Waals surface area contributed by atoms with Crippen LogP contribution in [0.25, 0.3) is 5.69 Å². The molecule has 0 amide bonds. The smallest absolute Gasteiger partial charge is 0.207 e. The van der Waals surface area contributed by atoms with Gasteiger partial charge in [0, 0.05) is 37.2 Å². The second kappa shape index (κ2) is 7.31. The number of nitrogens with zero attached hydrogens (tertiary/aromatic N) is 2. The third-order valence-electron chi connectivity index (χ3n) is 3.09. The summed E-state index contributed by atoms with van der Waals surface area (Å²) in [5, 5.41) is 4.09. The zero-order valence-electron chi connectivity index (χ0n) is 11.9. The van der Waals surface area contributed by atoms with Crippen LogP contribution in [0.1, 0.15) is 18.9 Å². The van der Waals surface area contributed by atoms with Crippen LogP contribution < -0.4 is 5.32 Å². The molecule has 1 aromatic carbocycles. The second-order valence-corrected chi connectivity index (χ2v) is 4.89. The first kappa shape index (κ1) is 14.9. The molecule has 2 rings (SSSR count). The lowest BCUT2D eigenvalue weighted by molar-refractivity contribution is 0.147. The fourth-order valence-electron chi connectivity index (χ4n) is 2.00. The predicted molar refractivity (Wildman–Crippen MR) is 82.9 cm³/mol. The summed E-state index contributed by atoms with van der Waals surface area (Å²) in [6.45, 7) is 6.37. The molecule has 0 atom stereocenters. The summed E-state index contributed by atoms with van der Waals surface area (Å²) < 4.78 is 7.33. The van der Waals surface area contributed by atoms with Crippen molar-refractivity contribution in [2.75, 3.05) is 25.1 Å². The Labute approximate surface area is 124 Å². The Bertz CT molecular complexity index is 554. The Hall–Kier alpha value is -1.52. The van der Waals surface area contributed by atoms with Gasteiger partial charge in [-0.1, -0.05) is 17.7 Å². The molecule has 4 nitrogen and oxygen atoms in total. The Morgan fingerprint density at radius 3 is 3.05 bits per heavy atom. The van der Waals surface area contributed by atoms with Crippen molar-refractivity contribution in [3.8, 4) is 5.69 Å². The Morgan fingerprint density at radius 1 is 1.40 bits per heavy atom. The van der Waals surface area contributed by atoms with Gasteiger partial charge in [0.05, 0.1) is 5.69 Å². The van der Waals surface area contributed by atoms with E-state index >= 15 is 0 Å². The SMILES string of the molecule is CCOCCCNc1nccn1-c1cccc(Cl)c1C. The molecule has 108 valence electrons. The zero-order chi connectivity index (χ0) is 14.4. The van der Waals surface area contributed by atoms with Gasteiger partial charge in [-0.2, -0.15) is 0 Å². The van der Waals surface area contributed by atoms with Crippen LogP contribution in [0, 0.1) is 6.92 Å². The summed E-state index contributed by atoms with van der Waals surface area (Å²) in [5.41, 5.74) is 2.09. The zero-order valence-corrected chi connectivity index (χ0v) is 12.7. The number of hydrogen-bond acceptors (Lipinski definition) is 3. The van der Waals surface area contributed by atoms with Crippen LogP contribution in [0.15, 0.2) is 30.6 Å². The van der Waals surface area contributed by atoms with E-state index in [0.29, 0.717) is 0 Å². The molecule has 0 aliphatic heterocycles. The molecule has 0 spiro atoms. The molecule has 20 heavy (non-hydrogen) atoms. The van der Waals surface area contributed by atoms with Crippen LogP contribution >= 0.6 is 11.6 Å². The number of hydrogen-bond donors (Lipinski definition) is 1. The normalized spacial score (nSPS) is 10.8. The minimum absolute atomic E-state index is 0.760. The molecule has 0 saturated carbocycles. The number of imidazole rings is 1. The summed E-state index contributed by atoms with van der Waals surface area (Å²) in [4.78, 5) is 4.35. The van der Waals surface area contributed by atoms with Crippen molar-refractivity contribution in [1.82, 2.24) is 9.55 Å². The van der Waals surface area contributed by atoms with E-state index in [0.717, 1.165) is 48.4 Å². The maximum Gasteiger partial charge on any atom is 0.207 e. The molecule has 0 fully saturated rings. The largest absolute Gasteiger partial charge is 0.382 e. The molecule has 0 bridgehead atoms. The average molecular weight is 294 g/mol. The summed E-state index contributed by atoms with van der Waals surface area (Å²) in [5.74, 6) is 0.826. The predicted octanol–water partition coefficient (Wildman–Crippen LogP) is 3.67. The van der Waals surface area contributed by atoms with Crippen molar-refractivity contribution in [3.05, 3.63) is 41.2 Å². The molecule has 0 aliphatic carbocycles. The highest BCUT2D eigenvalue weighted by Gasteiger charge is 2.08. The first-order valence-corrected chi connectivity index (χ1v) is 7.22. The van der Waals surface area contributed by atoms with E-state index in [2.05, 4.69) is 10.3 Å². The van der Waals surface area contributed by atoms with E-state index < -0.39 is 0 Å². The van der Waals surface area contributed by atoms with Crippen molar-refractivity contribution in [2.24, 2.45) is 0 Å². The van der Waals surface area contributed by atoms with Crippen LogP contribution in [0.5, 0.6) is 0 Å². The van der Waals surface area contributed by atoms with E-state index in [1.165, 1.54) is 0 Å². The molecule has 0 aliphatic rings. The quantitative estimate of drug-likeness (QED) is 0.792. The molecule has 2 aromatic rings. The van der Waals surface area contributed by atoms with Gasteiger partial charge in [-0.05, 0) is 38.0 Å². The van der Waals surface area contributed by atoms with Gasteiger partial charge in [0.1, 0.15) is 0 Å². The third kappa shape index (κ3) is 3.52. The summed E-state index contributed by atoms with van der Waals surface area (Å²) in [7, 11) is 0. The van der Waals surface area contributed by atoms with Crippen LogP contribution in [-0.2, 0) is 4.74 Å². The monoisotopic (exact) mass is 293 g/mol. The lowest BCUT2D eigenvalue weighted by Gasteiger charge is -2.13. The van der Waals surface area contributed by atoms with Crippen LogP contribution in [0.2, 0.25) is 5.02 Å². The van der Waals surface area contributed by atoms with E-state index in [1.807, 2.05) is 42.8 Å². The topological polar surface area (TPSA) is 39.1 Å². The summed E-state index contributed by atoms with van der Waals surface area (Å²) >= 11 is 6.17. The molecular formula is C15H20ClN3O. The Morgan fingerprint density at radius 2 is 2.25 bits per heavy atom. The maximum absolute atomic E-state index is 6.17. The fourth-order valence-corrected chi connectivity index (χ4v) is 2.17. The highest BCUT2D eigenvalue weighted by Crippen LogP contribution is 2.24. The van der Waals surface area contributed by atoms with Gasteiger partial charge in [-0.25, -0.2) is 4.98 Å². The lowest BCUT2D eigenvalue weighted by Crippen LogP contribution is -2.10. The minimum atomic E-state index is 0.760.